The highest BCUT2D eigenvalue weighted by Gasteiger charge is 2.13. The summed E-state index contributed by atoms with van der Waals surface area (Å²) in [5, 5.41) is 0. The molecule has 0 aromatic carbocycles. The Labute approximate surface area is 87.0 Å². The van der Waals surface area contributed by atoms with E-state index in [1.165, 1.54) is 0 Å². The Morgan fingerprint density at radius 3 is 2.43 bits per heavy atom. The van der Waals surface area contributed by atoms with Gasteiger partial charge in [0.05, 0.1) is 6.61 Å². The summed E-state index contributed by atoms with van der Waals surface area (Å²) in [7, 11) is 0. The number of nitrogens with two attached hydrogens (primary N) is 1. The molecule has 1 atom stereocenters. The van der Waals surface area contributed by atoms with Crippen LogP contribution in [0.1, 0.15) is 52.4 Å². The first-order chi connectivity index (χ1) is 6.72. The summed E-state index contributed by atoms with van der Waals surface area (Å²) in [5.74, 6) is -0.241. The predicted octanol–water partition coefficient (Wildman–Crippen LogP) is 2.24. The van der Waals surface area contributed by atoms with Crippen LogP contribution in [0.4, 0.5) is 0 Å². The van der Waals surface area contributed by atoms with Crippen molar-refractivity contribution < 1.29 is 9.53 Å². The van der Waals surface area contributed by atoms with Gasteiger partial charge in [0.25, 0.3) is 0 Å². The lowest BCUT2D eigenvalue weighted by Gasteiger charge is -2.10. The molecule has 0 rings (SSSR count). The van der Waals surface area contributed by atoms with Gasteiger partial charge in [-0.05, 0) is 12.8 Å². The first-order valence-electron chi connectivity index (χ1n) is 5.64. The van der Waals surface area contributed by atoms with Gasteiger partial charge in [-0.2, -0.15) is 0 Å². The highest BCUT2D eigenvalue weighted by molar-refractivity contribution is 5.75. The summed E-state index contributed by atoms with van der Waals surface area (Å²) in [6.07, 6.45) is 5.99. The van der Waals surface area contributed by atoms with Crippen molar-refractivity contribution in [1.29, 1.82) is 0 Å². The van der Waals surface area contributed by atoms with Gasteiger partial charge in [-0.15, -0.1) is 0 Å². The average molecular weight is 201 g/mol. The van der Waals surface area contributed by atoms with Crippen molar-refractivity contribution in [1.82, 2.24) is 0 Å². The number of ether oxygens (including phenoxy) is 1. The highest BCUT2D eigenvalue weighted by Crippen LogP contribution is 2.01. The van der Waals surface area contributed by atoms with Gasteiger partial charge in [0.1, 0.15) is 6.04 Å². The third kappa shape index (κ3) is 6.89. The second kappa shape index (κ2) is 9.00. The Bertz CT molecular complexity index is 148. The Balaban J connectivity index is 3.42. The third-order valence-electron chi connectivity index (χ3n) is 2.16. The van der Waals surface area contributed by atoms with E-state index in [1.54, 1.807) is 0 Å². The second-order valence-corrected chi connectivity index (χ2v) is 3.62. The van der Waals surface area contributed by atoms with Gasteiger partial charge in [-0.3, -0.25) is 4.79 Å². The van der Waals surface area contributed by atoms with Crippen LogP contribution >= 0.6 is 0 Å². The van der Waals surface area contributed by atoms with Gasteiger partial charge in [0, 0.05) is 0 Å². The molecule has 84 valence electrons. The van der Waals surface area contributed by atoms with Crippen LogP contribution in [0.5, 0.6) is 0 Å². The van der Waals surface area contributed by atoms with Crippen molar-refractivity contribution in [3.05, 3.63) is 0 Å². The van der Waals surface area contributed by atoms with E-state index in [4.69, 9.17) is 10.5 Å². The molecule has 0 bridgehead atoms. The molecule has 0 aromatic rings. The maximum Gasteiger partial charge on any atom is 0.322 e. The number of rotatable bonds is 8. The molecule has 0 aromatic heterocycles. The number of carbonyl (C=O) groups excluding carboxylic acids is 1. The molecule has 0 saturated heterocycles. The highest BCUT2D eigenvalue weighted by atomic mass is 16.5. The molecule has 0 spiro atoms. The Morgan fingerprint density at radius 2 is 1.86 bits per heavy atom. The molecule has 0 aliphatic rings. The molecule has 0 aliphatic carbocycles. The molecule has 0 radical (unpaired) electrons. The lowest BCUT2D eigenvalue weighted by atomic mass is 10.1. The predicted molar refractivity (Wildman–Crippen MR) is 58.0 cm³/mol. The first kappa shape index (κ1) is 13.4. The zero-order chi connectivity index (χ0) is 10.8. The van der Waals surface area contributed by atoms with E-state index in [9.17, 15) is 4.79 Å². The summed E-state index contributed by atoms with van der Waals surface area (Å²) in [5.41, 5.74) is 5.64. The maximum absolute atomic E-state index is 11.3. The fraction of sp³-hybridized carbons (Fsp3) is 0.909. The van der Waals surface area contributed by atoms with Crippen LogP contribution in [0.3, 0.4) is 0 Å². The quantitative estimate of drug-likeness (QED) is 0.484. The summed E-state index contributed by atoms with van der Waals surface area (Å²) >= 11 is 0. The van der Waals surface area contributed by atoms with Crippen LogP contribution in [-0.2, 0) is 9.53 Å². The summed E-state index contributed by atoms with van der Waals surface area (Å²) in [6, 6.07) is -0.420. The minimum absolute atomic E-state index is 0.241. The lowest BCUT2D eigenvalue weighted by molar-refractivity contribution is -0.145. The Kier molecular flexibility index (Phi) is 8.64. The van der Waals surface area contributed by atoms with E-state index in [1.807, 2.05) is 0 Å². The molecule has 14 heavy (non-hydrogen) atoms. The third-order valence-corrected chi connectivity index (χ3v) is 2.16. The van der Waals surface area contributed by atoms with Crippen molar-refractivity contribution in [2.75, 3.05) is 6.61 Å². The topological polar surface area (TPSA) is 52.3 Å². The van der Waals surface area contributed by atoms with E-state index in [0.717, 1.165) is 38.5 Å². The van der Waals surface area contributed by atoms with Gasteiger partial charge in [-0.25, -0.2) is 0 Å². The standard InChI is InChI=1S/C11H23NO2/c1-3-5-7-9-14-11(13)10(12)8-6-4-2/h10H,3-9,12H2,1-2H3/t10-/m0/s1. The second-order valence-electron chi connectivity index (χ2n) is 3.62. The smallest absolute Gasteiger partial charge is 0.322 e. The van der Waals surface area contributed by atoms with Crippen molar-refractivity contribution in [3.63, 3.8) is 0 Å². The fourth-order valence-corrected chi connectivity index (χ4v) is 1.17. The zero-order valence-corrected chi connectivity index (χ0v) is 9.42. The van der Waals surface area contributed by atoms with E-state index in [0.29, 0.717) is 6.61 Å². The SMILES string of the molecule is CCCCCOC(=O)[C@@H](N)CCCC. The van der Waals surface area contributed by atoms with Crippen molar-refractivity contribution in [2.45, 2.75) is 58.4 Å². The van der Waals surface area contributed by atoms with E-state index in [2.05, 4.69) is 13.8 Å². The fourth-order valence-electron chi connectivity index (χ4n) is 1.17. The molecule has 0 unspecified atom stereocenters. The number of hydrogen-bond acceptors (Lipinski definition) is 3. The van der Waals surface area contributed by atoms with Gasteiger partial charge in [0.2, 0.25) is 0 Å². The normalized spacial score (nSPS) is 12.5. The van der Waals surface area contributed by atoms with Crippen LogP contribution in [0, 0.1) is 0 Å². The molecule has 0 fully saturated rings. The molecular formula is C11H23NO2. The van der Waals surface area contributed by atoms with Crippen molar-refractivity contribution >= 4 is 5.97 Å². The van der Waals surface area contributed by atoms with Crippen LogP contribution in [0.2, 0.25) is 0 Å². The van der Waals surface area contributed by atoms with Gasteiger partial charge >= 0.3 is 5.97 Å². The Hall–Kier alpha value is -0.570. The molecule has 2 N–H and O–H groups in total. The molecule has 3 nitrogen and oxygen atoms in total. The van der Waals surface area contributed by atoms with Gasteiger partial charge in [0.15, 0.2) is 0 Å². The molecule has 0 saturated carbocycles. The monoisotopic (exact) mass is 201 g/mol. The van der Waals surface area contributed by atoms with E-state index < -0.39 is 6.04 Å². The van der Waals surface area contributed by atoms with Gasteiger partial charge < -0.3 is 10.5 Å². The zero-order valence-electron chi connectivity index (χ0n) is 9.42. The van der Waals surface area contributed by atoms with E-state index >= 15 is 0 Å². The van der Waals surface area contributed by atoms with Crippen LogP contribution in [0.15, 0.2) is 0 Å². The average Bonchev–Trinajstić information content (AvgIpc) is 2.20. The van der Waals surface area contributed by atoms with Crippen LogP contribution in [0.25, 0.3) is 0 Å². The minimum Gasteiger partial charge on any atom is -0.465 e. The van der Waals surface area contributed by atoms with Crippen molar-refractivity contribution in [3.8, 4) is 0 Å². The maximum atomic E-state index is 11.3. The number of esters is 1. The minimum atomic E-state index is -0.420. The molecule has 0 aliphatic heterocycles. The summed E-state index contributed by atoms with van der Waals surface area (Å²) in [4.78, 5) is 11.3. The molecule has 0 amide bonds. The van der Waals surface area contributed by atoms with Crippen LogP contribution < -0.4 is 5.73 Å². The molecule has 0 heterocycles. The number of carbonyl (C=O) groups is 1. The largest absolute Gasteiger partial charge is 0.465 e. The lowest BCUT2D eigenvalue weighted by Crippen LogP contribution is -2.32. The summed E-state index contributed by atoms with van der Waals surface area (Å²) in [6.45, 7) is 4.72. The molecular weight excluding hydrogens is 178 g/mol. The molecule has 3 heteroatoms. The van der Waals surface area contributed by atoms with E-state index in [-0.39, 0.29) is 5.97 Å². The summed E-state index contributed by atoms with van der Waals surface area (Å²) < 4.78 is 5.04. The first-order valence-corrected chi connectivity index (χ1v) is 5.64. The van der Waals surface area contributed by atoms with Crippen LogP contribution in [-0.4, -0.2) is 18.6 Å². The Morgan fingerprint density at radius 1 is 1.21 bits per heavy atom. The van der Waals surface area contributed by atoms with Crippen molar-refractivity contribution in [2.24, 2.45) is 5.73 Å². The van der Waals surface area contributed by atoms with Gasteiger partial charge in [-0.1, -0.05) is 39.5 Å². The number of hydrogen-bond donors (Lipinski definition) is 1. The number of unbranched alkanes of at least 4 members (excludes halogenated alkanes) is 3.